The third-order valence-corrected chi connectivity index (χ3v) is 8.12. The molecule has 112 valence electrons. The average Bonchev–Trinajstić information content (AvgIpc) is 2.22. The second-order valence-corrected chi connectivity index (χ2v) is 11.2. The Morgan fingerprint density at radius 1 is 1.42 bits per heavy atom. The summed E-state index contributed by atoms with van der Waals surface area (Å²) in [6.07, 6.45) is 4.59. The van der Waals surface area contributed by atoms with Crippen molar-refractivity contribution >= 4 is 14.4 Å². The lowest BCUT2D eigenvalue weighted by atomic mass is 10.1. The Labute approximate surface area is 118 Å². The highest BCUT2D eigenvalue weighted by Gasteiger charge is 2.36. The van der Waals surface area contributed by atoms with Crippen LogP contribution in [-0.4, -0.2) is 32.2 Å². The molecule has 1 atom stereocenters. The molecule has 0 aromatic rings. The molecule has 0 rings (SSSR count). The number of nitrogens with one attached hydrogen (secondary N) is 1. The van der Waals surface area contributed by atoms with Gasteiger partial charge in [0.15, 0.2) is 8.32 Å². The number of amides is 1. The summed E-state index contributed by atoms with van der Waals surface area (Å²) in [4.78, 5) is 10.6. The SMILES string of the molecule is CCC[C@@H](/C=C/CO[Si](C)(C)C(C)(C)C)NC(=O)O. The first kappa shape index (κ1) is 18.2. The predicted octanol–water partition coefficient (Wildman–Crippen LogP) is 4.00. The van der Waals surface area contributed by atoms with Gasteiger partial charge in [-0.3, -0.25) is 0 Å². The quantitative estimate of drug-likeness (QED) is 0.549. The third-order valence-electron chi connectivity index (χ3n) is 3.62. The molecule has 4 nitrogen and oxygen atoms in total. The van der Waals surface area contributed by atoms with Crippen molar-refractivity contribution in [1.29, 1.82) is 0 Å². The fourth-order valence-electron chi connectivity index (χ4n) is 1.38. The molecule has 0 aliphatic carbocycles. The van der Waals surface area contributed by atoms with Gasteiger partial charge >= 0.3 is 6.09 Å². The average molecular weight is 287 g/mol. The van der Waals surface area contributed by atoms with Crippen LogP contribution in [0.15, 0.2) is 12.2 Å². The molecular formula is C14H29NO3Si. The van der Waals surface area contributed by atoms with Crippen molar-refractivity contribution in [3.8, 4) is 0 Å². The summed E-state index contributed by atoms with van der Waals surface area (Å²) in [7, 11) is -1.72. The second kappa shape index (κ2) is 7.70. The summed E-state index contributed by atoms with van der Waals surface area (Å²) >= 11 is 0. The van der Waals surface area contributed by atoms with Gasteiger partial charge in [0.2, 0.25) is 0 Å². The van der Waals surface area contributed by atoms with Crippen LogP contribution in [0.25, 0.3) is 0 Å². The monoisotopic (exact) mass is 287 g/mol. The molecular weight excluding hydrogens is 258 g/mol. The number of hydrogen-bond donors (Lipinski definition) is 2. The first-order valence-corrected chi connectivity index (χ1v) is 9.81. The lowest BCUT2D eigenvalue weighted by Gasteiger charge is -2.35. The van der Waals surface area contributed by atoms with Crippen molar-refractivity contribution in [2.75, 3.05) is 6.61 Å². The van der Waals surface area contributed by atoms with Crippen LogP contribution in [0.3, 0.4) is 0 Å². The van der Waals surface area contributed by atoms with E-state index in [2.05, 4.69) is 39.2 Å². The minimum atomic E-state index is -1.72. The van der Waals surface area contributed by atoms with Crippen molar-refractivity contribution in [3.63, 3.8) is 0 Å². The van der Waals surface area contributed by atoms with Gasteiger partial charge in [-0.2, -0.15) is 0 Å². The minimum absolute atomic E-state index is 0.120. The molecule has 2 N–H and O–H groups in total. The molecule has 0 saturated heterocycles. The van der Waals surface area contributed by atoms with E-state index in [-0.39, 0.29) is 11.1 Å². The predicted molar refractivity (Wildman–Crippen MR) is 82.1 cm³/mol. The van der Waals surface area contributed by atoms with Crippen LogP contribution >= 0.6 is 0 Å². The van der Waals surface area contributed by atoms with Gasteiger partial charge in [-0.1, -0.05) is 46.3 Å². The van der Waals surface area contributed by atoms with Gasteiger partial charge in [-0.05, 0) is 24.6 Å². The Balaban J connectivity index is 4.29. The smallest absolute Gasteiger partial charge is 0.405 e. The van der Waals surface area contributed by atoms with E-state index in [1.165, 1.54) is 0 Å². The molecule has 5 heteroatoms. The van der Waals surface area contributed by atoms with Gasteiger partial charge < -0.3 is 14.8 Å². The Hall–Kier alpha value is -0.813. The van der Waals surface area contributed by atoms with Gasteiger partial charge in [-0.25, -0.2) is 4.79 Å². The molecule has 0 heterocycles. The van der Waals surface area contributed by atoms with E-state index >= 15 is 0 Å². The summed E-state index contributed by atoms with van der Waals surface area (Å²) in [6, 6.07) is -0.120. The number of rotatable bonds is 7. The fraction of sp³-hybridized carbons (Fsp3) is 0.786. The lowest BCUT2D eigenvalue weighted by Crippen LogP contribution is -2.40. The molecule has 0 spiro atoms. The highest BCUT2D eigenvalue weighted by atomic mass is 28.4. The summed E-state index contributed by atoms with van der Waals surface area (Å²) in [5, 5.41) is 11.4. The van der Waals surface area contributed by atoms with Gasteiger partial charge in [0.1, 0.15) is 0 Å². The molecule has 1 amide bonds. The van der Waals surface area contributed by atoms with Crippen LogP contribution in [-0.2, 0) is 4.43 Å². The topological polar surface area (TPSA) is 58.6 Å². The molecule has 0 aromatic carbocycles. The maximum atomic E-state index is 10.6. The summed E-state index contributed by atoms with van der Waals surface area (Å²) < 4.78 is 6.00. The first-order chi connectivity index (χ1) is 8.60. The molecule has 0 radical (unpaired) electrons. The van der Waals surface area contributed by atoms with Crippen molar-refractivity contribution in [2.24, 2.45) is 0 Å². The fourth-order valence-corrected chi connectivity index (χ4v) is 2.32. The van der Waals surface area contributed by atoms with Crippen molar-refractivity contribution in [1.82, 2.24) is 5.32 Å². The normalized spacial score (nSPS) is 14.6. The number of hydrogen-bond acceptors (Lipinski definition) is 2. The molecule has 0 unspecified atom stereocenters. The Morgan fingerprint density at radius 3 is 2.42 bits per heavy atom. The number of carbonyl (C=O) groups is 1. The van der Waals surface area contributed by atoms with Gasteiger partial charge in [0.25, 0.3) is 0 Å². The highest BCUT2D eigenvalue weighted by Crippen LogP contribution is 2.36. The molecule has 0 bridgehead atoms. The van der Waals surface area contributed by atoms with E-state index in [0.29, 0.717) is 6.61 Å². The van der Waals surface area contributed by atoms with E-state index < -0.39 is 14.4 Å². The zero-order valence-corrected chi connectivity index (χ0v) is 14.1. The van der Waals surface area contributed by atoms with E-state index in [4.69, 9.17) is 9.53 Å². The van der Waals surface area contributed by atoms with Crippen LogP contribution in [0.1, 0.15) is 40.5 Å². The maximum Gasteiger partial charge on any atom is 0.405 e. The Kier molecular flexibility index (Phi) is 7.37. The third kappa shape index (κ3) is 7.37. The highest BCUT2D eigenvalue weighted by molar-refractivity contribution is 6.74. The van der Waals surface area contributed by atoms with Gasteiger partial charge in [-0.15, -0.1) is 0 Å². The van der Waals surface area contributed by atoms with Gasteiger partial charge in [0, 0.05) is 0 Å². The molecule has 0 aromatic heterocycles. The van der Waals surface area contributed by atoms with Crippen LogP contribution < -0.4 is 5.32 Å². The number of carboxylic acid groups (broad SMARTS) is 1. The molecule has 0 aliphatic rings. The summed E-state index contributed by atoms with van der Waals surface area (Å²) in [5.74, 6) is 0. The summed E-state index contributed by atoms with van der Waals surface area (Å²) in [6.45, 7) is 13.6. The molecule has 0 fully saturated rings. The van der Waals surface area contributed by atoms with Crippen LogP contribution in [0.2, 0.25) is 18.1 Å². The Morgan fingerprint density at radius 2 is 2.00 bits per heavy atom. The van der Waals surface area contributed by atoms with Gasteiger partial charge in [0.05, 0.1) is 12.6 Å². The minimum Gasteiger partial charge on any atom is -0.465 e. The molecule has 0 saturated carbocycles. The molecule has 19 heavy (non-hydrogen) atoms. The largest absolute Gasteiger partial charge is 0.465 e. The maximum absolute atomic E-state index is 10.6. The zero-order valence-electron chi connectivity index (χ0n) is 13.1. The summed E-state index contributed by atoms with van der Waals surface area (Å²) in [5.41, 5.74) is 0. The standard InChI is InChI=1S/C14H29NO3Si/c1-7-9-12(15-13(16)17)10-8-11-18-19(5,6)14(2,3)4/h8,10,12,15H,7,9,11H2,1-6H3,(H,16,17)/b10-8+/t12-/m0/s1. The van der Waals surface area contributed by atoms with Crippen LogP contribution in [0.4, 0.5) is 4.79 Å². The van der Waals surface area contributed by atoms with Crippen molar-refractivity contribution in [3.05, 3.63) is 12.2 Å². The van der Waals surface area contributed by atoms with E-state index in [1.54, 1.807) is 0 Å². The van der Waals surface area contributed by atoms with Crippen molar-refractivity contribution in [2.45, 2.75) is 64.7 Å². The molecule has 0 aliphatic heterocycles. The first-order valence-electron chi connectivity index (χ1n) is 6.90. The Bertz CT molecular complexity index is 308. The van der Waals surface area contributed by atoms with Crippen LogP contribution in [0, 0.1) is 0 Å². The van der Waals surface area contributed by atoms with Crippen LogP contribution in [0.5, 0.6) is 0 Å². The second-order valence-electron chi connectivity index (χ2n) is 6.34. The van der Waals surface area contributed by atoms with E-state index in [0.717, 1.165) is 12.8 Å². The van der Waals surface area contributed by atoms with Crippen molar-refractivity contribution < 1.29 is 14.3 Å². The zero-order chi connectivity index (χ0) is 15.1. The lowest BCUT2D eigenvalue weighted by molar-refractivity contribution is 0.191. The van der Waals surface area contributed by atoms with E-state index in [9.17, 15) is 4.79 Å². The van der Waals surface area contributed by atoms with E-state index in [1.807, 2.05) is 19.1 Å².